The number of allylic oxidation sites excluding steroid dienone is 1. The highest BCUT2D eigenvalue weighted by atomic mass is 16.5. The Morgan fingerprint density at radius 2 is 1.71 bits per heavy atom. The minimum atomic E-state index is -0.881. The number of ether oxygens (including phenoxy) is 2. The molecule has 4 amide bonds. The van der Waals surface area contributed by atoms with Crippen LogP contribution in [0.4, 0.5) is 0 Å². The Kier molecular flexibility index (Phi) is 15.8. The van der Waals surface area contributed by atoms with E-state index < -0.39 is 35.9 Å². The number of carbonyl (C=O) groups is 5. The molecular formula is C38H58N4O7. The molecule has 0 aromatic heterocycles. The molecule has 49 heavy (non-hydrogen) atoms. The third-order valence-electron chi connectivity index (χ3n) is 9.63. The number of esters is 1. The van der Waals surface area contributed by atoms with Gasteiger partial charge < -0.3 is 29.5 Å². The summed E-state index contributed by atoms with van der Waals surface area (Å²) in [6, 6.07) is 7.02. The number of likely N-dealkylation sites (N-methyl/N-ethyl adjacent to an activating group) is 2. The van der Waals surface area contributed by atoms with E-state index in [1.165, 1.54) is 16.8 Å². The van der Waals surface area contributed by atoms with Gasteiger partial charge in [-0.05, 0) is 76.7 Å². The van der Waals surface area contributed by atoms with Crippen LogP contribution < -0.4 is 5.32 Å². The van der Waals surface area contributed by atoms with Gasteiger partial charge in [0.15, 0.2) is 0 Å². The van der Waals surface area contributed by atoms with Gasteiger partial charge in [0.1, 0.15) is 24.2 Å². The first-order valence-electron chi connectivity index (χ1n) is 17.8. The van der Waals surface area contributed by atoms with Gasteiger partial charge in [0, 0.05) is 40.6 Å². The predicted octanol–water partition coefficient (Wildman–Crippen LogP) is 4.28. The lowest BCUT2D eigenvalue weighted by molar-refractivity contribution is -0.160. The van der Waals surface area contributed by atoms with Gasteiger partial charge >= 0.3 is 5.97 Å². The summed E-state index contributed by atoms with van der Waals surface area (Å²) < 4.78 is 11.5. The fourth-order valence-electron chi connectivity index (χ4n) is 6.49. The van der Waals surface area contributed by atoms with Crippen molar-refractivity contribution in [2.24, 2.45) is 5.92 Å². The standard InChI is InChI=1S/C38H58N4O7/c1-26(2)23-33-37(46)42-22-12-17-32(42)38(47)49-30(16-11-13-28(4)48-7)20-18-27(3)19-21-34(43)39-31(24-29-14-9-8-10-15-29)36(45)40(5)25-35(44)41(33)6/h8-10,14-15,19,26,28,30-33H,11-13,16-18,20-25H2,1-7H3,(H,39,43)/t28-,30-,31-,32-,33+/m1/s1. The quantitative estimate of drug-likeness (QED) is 0.305. The Morgan fingerprint density at radius 3 is 2.39 bits per heavy atom. The molecule has 0 bridgehead atoms. The zero-order chi connectivity index (χ0) is 36.1. The normalized spacial score (nSPS) is 24.8. The molecule has 2 aliphatic rings. The van der Waals surface area contributed by atoms with E-state index in [1.54, 1.807) is 19.1 Å². The van der Waals surface area contributed by atoms with E-state index in [0.29, 0.717) is 45.1 Å². The number of hydrogen-bond acceptors (Lipinski definition) is 7. The number of benzene rings is 1. The summed E-state index contributed by atoms with van der Waals surface area (Å²) in [5.41, 5.74) is 1.85. The highest BCUT2D eigenvalue weighted by Gasteiger charge is 2.41. The Morgan fingerprint density at radius 1 is 1.00 bits per heavy atom. The summed E-state index contributed by atoms with van der Waals surface area (Å²) in [6.45, 7) is 8.05. The Labute approximate surface area is 292 Å². The fourth-order valence-corrected chi connectivity index (χ4v) is 6.49. The predicted molar refractivity (Wildman–Crippen MR) is 188 cm³/mol. The molecule has 1 N–H and O–H groups in total. The van der Waals surface area contributed by atoms with Gasteiger partial charge in [-0.25, -0.2) is 4.79 Å². The molecule has 0 radical (unpaired) electrons. The minimum Gasteiger partial charge on any atom is -0.461 e. The topological polar surface area (TPSA) is 126 Å². The maximum atomic E-state index is 14.2. The molecule has 1 fully saturated rings. The average molecular weight is 683 g/mol. The zero-order valence-corrected chi connectivity index (χ0v) is 30.6. The second-order valence-corrected chi connectivity index (χ2v) is 14.2. The van der Waals surface area contributed by atoms with Crippen LogP contribution in [-0.2, 0) is 39.9 Å². The molecule has 2 aliphatic heterocycles. The molecule has 5 atom stereocenters. The third kappa shape index (κ3) is 12.3. The van der Waals surface area contributed by atoms with Gasteiger partial charge in [0.25, 0.3) is 0 Å². The van der Waals surface area contributed by atoms with Crippen molar-refractivity contribution in [3.05, 3.63) is 47.5 Å². The summed E-state index contributed by atoms with van der Waals surface area (Å²) >= 11 is 0. The summed E-state index contributed by atoms with van der Waals surface area (Å²) in [5.74, 6) is -1.72. The highest BCUT2D eigenvalue weighted by Crippen LogP contribution is 2.26. The first-order valence-corrected chi connectivity index (χ1v) is 17.8. The van der Waals surface area contributed by atoms with Crippen molar-refractivity contribution in [1.29, 1.82) is 0 Å². The van der Waals surface area contributed by atoms with Crippen LogP contribution in [0.25, 0.3) is 0 Å². The Hall–Kier alpha value is -3.73. The molecule has 1 aromatic rings. The number of rotatable bonds is 9. The molecule has 11 heteroatoms. The lowest BCUT2D eigenvalue weighted by Gasteiger charge is -2.35. The van der Waals surface area contributed by atoms with E-state index in [4.69, 9.17) is 9.47 Å². The molecule has 2 heterocycles. The fraction of sp³-hybridized carbons (Fsp3) is 0.658. The molecular weight excluding hydrogens is 624 g/mol. The zero-order valence-electron chi connectivity index (χ0n) is 30.6. The molecule has 11 nitrogen and oxygen atoms in total. The highest BCUT2D eigenvalue weighted by molar-refractivity contribution is 5.94. The van der Waals surface area contributed by atoms with Crippen LogP contribution in [0, 0.1) is 5.92 Å². The summed E-state index contributed by atoms with van der Waals surface area (Å²) in [4.78, 5) is 72.8. The maximum Gasteiger partial charge on any atom is 0.329 e. The maximum absolute atomic E-state index is 14.2. The Balaban J connectivity index is 1.95. The summed E-state index contributed by atoms with van der Waals surface area (Å²) in [6.07, 6.45) is 6.95. The third-order valence-corrected chi connectivity index (χ3v) is 9.63. The summed E-state index contributed by atoms with van der Waals surface area (Å²) in [5, 5.41) is 2.90. The molecule has 0 aliphatic carbocycles. The SMILES string of the molecule is CO[C@H](C)CCC[C@@H]1CCC(C)=CCC(=O)N[C@H](Cc2ccccc2)C(=O)N(C)CC(=O)N(C)[C@@H](CC(C)C)C(=O)N2CCC[C@@H]2C(=O)O1. The van der Waals surface area contributed by atoms with Crippen LogP contribution in [0.1, 0.15) is 91.0 Å². The number of hydrogen-bond donors (Lipinski definition) is 1. The number of carbonyl (C=O) groups excluding carboxylic acids is 5. The lowest BCUT2D eigenvalue weighted by Crippen LogP contribution is -2.55. The van der Waals surface area contributed by atoms with Gasteiger partial charge in [0.05, 0.1) is 12.6 Å². The lowest BCUT2D eigenvalue weighted by atomic mass is 10.0. The van der Waals surface area contributed by atoms with Crippen LogP contribution in [0.15, 0.2) is 42.0 Å². The minimum absolute atomic E-state index is 0.0845. The number of cyclic esters (lactones) is 1. The van der Waals surface area contributed by atoms with Crippen molar-refractivity contribution >= 4 is 29.6 Å². The monoisotopic (exact) mass is 682 g/mol. The van der Waals surface area contributed by atoms with Crippen molar-refractivity contribution in [3.8, 4) is 0 Å². The molecule has 0 unspecified atom stereocenters. The number of nitrogens with zero attached hydrogens (tertiary/aromatic N) is 3. The molecule has 1 aromatic carbocycles. The molecule has 3 rings (SSSR count). The number of amides is 4. The van der Waals surface area contributed by atoms with E-state index in [1.807, 2.05) is 64.1 Å². The van der Waals surface area contributed by atoms with Crippen LogP contribution in [0.3, 0.4) is 0 Å². The molecule has 0 spiro atoms. The second kappa shape index (κ2) is 19.5. The smallest absolute Gasteiger partial charge is 0.329 e. The van der Waals surface area contributed by atoms with Crippen molar-refractivity contribution in [1.82, 2.24) is 20.0 Å². The second-order valence-electron chi connectivity index (χ2n) is 14.2. The Bertz CT molecular complexity index is 1300. The van der Waals surface area contributed by atoms with Crippen molar-refractivity contribution in [3.63, 3.8) is 0 Å². The average Bonchev–Trinajstić information content (AvgIpc) is 3.57. The van der Waals surface area contributed by atoms with Gasteiger partial charge in [-0.2, -0.15) is 0 Å². The van der Waals surface area contributed by atoms with Crippen molar-refractivity contribution < 1.29 is 33.4 Å². The molecule has 1 saturated heterocycles. The molecule has 272 valence electrons. The largest absolute Gasteiger partial charge is 0.461 e. The van der Waals surface area contributed by atoms with Gasteiger partial charge in [-0.15, -0.1) is 0 Å². The van der Waals surface area contributed by atoms with Crippen LogP contribution in [-0.4, -0.2) is 109 Å². The van der Waals surface area contributed by atoms with Crippen molar-refractivity contribution in [2.45, 2.75) is 122 Å². The van der Waals surface area contributed by atoms with Gasteiger partial charge in [-0.3, -0.25) is 19.2 Å². The van der Waals surface area contributed by atoms with Crippen molar-refractivity contribution in [2.75, 3.05) is 34.3 Å². The van der Waals surface area contributed by atoms with E-state index in [2.05, 4.69) is 5.32 Å². The first kappa shape index (κ1) is 39.7. The number of nitrogens with one attached hydrogen (secondary N) is 1. The van der Waals surface area contributed by atoms with Crippen LogP contribution in [0.5, 0.6) is 0 Å². The van der Waals surface area contributed by atoms with Crippen LogP contribution in [0.2, 0.25) is 0 Å². The van der Waals surface area contributed by atoms with E-state index in [9.17, 15) is 24.0 Å². The summed E-state index contributed by atoms with van der Waals surface area (Å²) in [7, 11) is 4.79. The van der Waals surface area contributed by atoms with E-state index in [0.717, 1.165) is 24.0 Å². The van der Waals surface area contributed by atoms with E-state index >= 15 is 0 Å². The molecule has 0 saturated carbocycles. The first-order chi connectivity index (χ1) is 23.3. The van der Waals surface area contributed by atoms with Gasteiger partial charge in [0.2, 0.25) is 23.6 Å². The van der Waals surface area contributed by atoms with E-state index in [-0.39, 0.29) is 49.3 Å². The van der Waals surface area contributed by atoms with Gasteiger partial charge in [-0.1, -0.05) is 55.8 Å². The number of fused-ring (bicyclic) bond motifs is 1. The number of methoxy groups -OCH3 is 1. The van der Waals surface area contributed by atoms with Crippen LogP contribution >= 0.6 is 0 Å².